The fourth-order valence-corrected chi connectivity index (χ4v) is 3.22. The van der Waals surface area contributed by atoms with E-state index in [-0.39, 0.29) is 5.91 Å². The van der Waals surface area contributed by atoms with E-state index in [2.05, 4.69) is 47.2 Å². The number of aryl methyl sites for hydroxylation is 3. The van der Waals surface area contributed by atoms with Crippen LogP contribution in [0.4, 0.5) is 0 Å². The molecule has 128 valence electrons. The van der Waals surface area contributed by atoms with E-state index in [9.17, 15) is 4.79 Å². The van der Waals surface area contributed by atoms with Crippen LogP contribution in [0.15, 0.2) is 30.3 Å². The summed E-state index contributed by atoms with van der Waals surface area (Å²) in [5.74, 6) is -0.0462. The van der Waals surface area contributed by atoms with Gasteiger partial charge >= 0.3 is 0 Å². The highest BCUT2D eigenvalue weighted by Gasteiger charge is 2.20. The maximum atomic E-state index is 12.8. The number of hydrogen-bond acceptors (Lipinski definition) is 3. The van der Waals surface area contributed by atoms with E-state index in [0.29, 0.717) is 19.8 Å². The van der Waals surface area contributed by atoms with Gasteiger partial charge in [0, 0.05) is 25.3 Å². The van der Waals surface area contributed by atoms with Crippen LogP contribution in [-0.2, 0) is 11.3 Å². The zero-order chi connectivity index (χ0) is 17.1. The molecule has 1 saturated heterocycles. The SMILES string of the molecule is Cc1cccc(Cn2c(C)cc(C)c2C(=O)NN2CCOCC2)c1. The van der Waals surface area contributed by atoms with E-state index in [0.717, 1.165) is 30.0 Å². The number of amides is 1. The van der Waals surface area contributed by atoms with Crippen LogP contribution in [-0.4, -0.2) is 41.8 Å². The number of ether oxygens (including phenoxy) is 1. The summed E-state index contributed by atoms with van der Waals surface area (Å²) in [5.41, 5.74) is 8.29. The highest BCUT2D eigenvalue weighted by Crippen LogP contribution is 2.18. The molecule has 0 radical (unpaired) electrons. The molecular weight excluding hydrogens is 302 g/mol. The highest BCUT2D eigenvalue weighted by atomic mass is 16.5. The Morgan fingerprint density at radius 1 is 1.17 bits per heavy atom. The minimum absolute atomic E-state index is 0.0462. The molecule has 3 rings (SSSR count). The van der Waals surface area contributed by atoms with Crippen LogP contribution in [0.2, 0.25) is 0 Å². The first kappa shape index (κ1) is 16.7. The highest BCUT2D eigenvalue weighted by molar-refractivity contribution is 5.94. The second-order valence-corrected chi connectivity index (χ2v) is 6.43. The smallest absolute Gasteiger partial charge is 0.282 e. The third-order valence-corrected chi connectivity index (χ3v) is 4.40. The molecule has 1 aromatic carbocycles. The van der Waals surface area contributed by atoms with E-state index >= 15 is 0 Å². The lowest BCUT2D eigenvalue weighted by atomic mass is 10.1. The number of rotatable bonds is 4. The molecule has 0 saturated carbocycles. The summed E-state index contributed by atoms with van der Waals surface area (Å²) in [6, 6.07) is 10.5. The topological polar surface area (TPSA) is 46.5 Å². The Bertz CT molecular complexity index is 730. The molecule has 1 amide bonds. The van der Waals surface area contributed by atoms with Gasteiger partial charge in [-0.25, -0.2) is 5.01 Å². The van der Waals surface area contributed by atoms with Gasteiger partial charge in [0.25, 0.3) is 5.91 Å². The minimum Gasteiger partial charge on any atom is -0.379 e. The lowest BCUT2D eigenvalue weighted by Crippen LogP contribution is -2.48. The van der Waals surface area contributed by atoms with Crippen molar-refractivity contribution in [1.82, 2.24) is 15.0 Å². The van der Waals surface area contributed by atoms with E-state index in [4.69, 9.17) is 4.74 Å². The van der Waals surface area contributed by atoms with Gasteiger partial charge < -0.3 is 9.30 Å². The molecular formula is C19H25N3O2. The van der Waals surface area contributed by atoms with Crippen molar-refractivity contribution in [3.63, 3.8) is 0 Å². The number of benzene rings is 1. The van der Waals surface area contributed by atoms with Gasteiger partial charge in [0.1, 0.15) is 5.69 Å². The zero-order valence-electron chi connectivity index (χ0n) is 14.6. The molecule has 0 unspecified atom stereocenters. The number of carbonyl (C=O) groups is 1. The van der Waals surface area contributed by atoms with Crippen molar-refractivity contribution < 1.29 is 9.53 Å². The summed E-state index contributed by atoms with van der Waals surface area (Å²) in [7, 11) is 0. The predicted octanol–water partition coefficient (Wildman–Crippen LogP) is 2.44. The van der Waals surface area contributed by atoms with Crippen molar-refractivity contribution in [2.45, 2.75) is 27.3 Å². The van der Waals surface area contributed by atoms with Crippen molar-refractivity contribution in [2.75, 3.05) is 26.3 Å². The predicted molar refractivity (Wildman–Crippen MR) is 94.0 cm³/mol. The lowest BCUT2D eigenvalue weighted by molar-refractivity contribution is 0.0123. The van der Waals surface area contributed by atoms with E-state index < -0.39 is 0 Å². The molecule has 2 heterocycles. The van der Waals surface area contributed by atoms with Gasteiger partial charge in [0.05, 0.1) is 13.2 Å². The summed E-state index contributed by atoms with van der Waals surface area (Å²) in [4.78, 5) is 12.8. The molecule has 0 aliphatic carbocycles. The Balaban J connectivity index is 1.83. The molecule has 1 aromatic heterocycles. The lowest BCUT2D eigenvalue weighted by Gasteiger charge is -2.27. The first-order chi connectivity index (χ1) is 11.5. The zero-order valence-corrected chi connectivity index (χ0v) is 14.6. The van der Waals surface area contributed by atoms with Crippen LogP contribution in [0, 0.1) is 20.8 Å². The van der Waals surface area contributed by atoms with Crippen LogP contribution in [0.5, 0.6) is 0 Å². The Kier molecular flexibility index (Phi) is 5.02. The number of aromatic nitrogens is 1. The fraction of sp³-hybridized carbons (Fsp3) is 0.421. The average molecular weight is 327 g/mol. The van der Waals surface area contributed by atoms with Gasteiger partial charge in [-0.1, -0.05) is 29.8 Å². The standard InChI is InChI=1S/C19H25N3O2/c1-14-5-4-6-17(11-14)13-22-16(3)12-15(2)18(22)19(23)20-21-7-9-24-10-8-21/h4-6,11-12H,7-10,13H2,1-3H3,(H,20,23). The molecule has 5 nitrogen and oxygen atoms in total. The number of hydrazine groups is 1. The number of nitrogens with one attached hydrogen (secondary N) is 1. The van der Waals surface area contributed by atoms with E-state index in [1.165, 1.54) is 11.1 Å². The molecule has 2 aromatic rings. The molecule has 1 N–H and O–H groups in total. The van der Waals surface area contributed by atoms with Gasteiger partial charge in [-0.3, -0.25) is 10.2 Å². The molecule has 24 heavy (non-hydrogen) atoms. The summed E-state index contributed by atoms with van der Waals surface area (Å²) in [6.07, 6.45) is 0. The Labute approximate surface area is 143 Å². The number of morpholine rings is 1. The van der Waals surface area contributed by atoms with Gasteiger partial charge in [0.2, 0.25) is 0 Å². The summed E-state index contributed by atoms with van der Waals surface area (Å²) in [5, 5.41) is 1.94. The summed E-state index contributed by atoms with van der Waals surface area (Å²) < 4.78 is 7.43. The number of hydrogen-bond donors (Lipinski definition) is 1. The van der Waals surface area contributed by atoms with Crippen molar-refractivity contribution in [3.8, 4) is 0 Å². The molecule has 1 aliphatic rings. The van der Waals surface area contributed by atoms with Crippen molar-refractivity contribution in [2.24, 2.45) is 0 Å². The quantitative estimate of drug-likeness (QED) is 0.938. The third kappa shape index (κ3) is 3.68. The Morgan fingerprint density at radius 3 is 2.62 bits per heavy atom. The van der Waals surface area contributed by atoms with Gasteiger partial charge in [-0.05, 0) is 38.0 Å². The monoisotopic (exact) mass is 327 g/mol. The molecule has 0 spiro atoms. The van der Waals surface area contributed by atoms with Crippen molar-refractivity contribution in [3.05, 3.63) is 58.4 Å². The number of nitrogens with zero attached hydrogens (tertiary/aromatic N) is 2. The van der Waals surface area contributed by atoms with Crippen molar-refractivity contribution >= 4 is 5.91 Å². The summed E-state index contributed by atoms with van der Waals surface area (Å²) in [6.45, 7) is 9.59. The third-order valence-electron chi connectivity index (χ3n) is 4.40. The van der Waals surface area contributed by atoms with Crippen LogP contribution < -0.4 is 5.43 Å². The molecule has 0 bridgehead atoms. The van der Waals surface area contributed by atoms with Crippen molar-refractivity contribution in [1.29, 1.82) is 0 Å². The first-order valence-electron chi connectivity index (χ1n) is 8.40. The Morgan fingerprint density at radius 2 is 1.92 bits per heavy atom. The fourth-order valence-electron chi connectivity index (χ4n) is 3.22. The second kappa shape index (κ2) is 7.20. The maximum absolute atomic E-state index is 12.8. The molecule has 1 aliphatic heterocycles. The van der Waals surface area contributed by atoms with E-state index in [1.54, 1.807) is 0 Å². The number of carbonyl (C=O) groups excluding carboxylic acids is 1. The minimum atomic E-state index is -0.0462. The van der Waals surface area contributed by atoms with Crippen LogP contribution >= 0.6 is 0 Å². The Hall–Kier alpha value is -2.11. The molecule has 5 heteroatoms. The van der Waals surface area contributed by atoms with E-state index in [1.807, 2.05) is 18.9 Å². The van der Waals surface area contributed by atoms with Crippen LogP contribution in [0.3, 0.4) is 0 Å². The van der Waals surface area contributed by atoms with Crippen LogP contribution in [0.25, 0.3) is 0 Å². The molecule has 0 atom stereocenters. The van der Waals surface area contributed by atoms with Gasteiger partial charge in [-0.15, -0.1) is 0 Å². The second-order valence-electron chi connectivity index (χ2n) is 6.43. The summed E-state index contributed by atoms with van der Waals surface area (Å²) >= 11 is 0. The normalized spacial score (nSPS) is 15.5. The molecule has 1 fully saturated rings. The average Bonchev–Trinajstić information content (AvgIpc) is 2.82. The van der Waals surface area contributed by atoms with Gasteiger partial charge in [0.15, 0.2) is 0 Å². The maximum Gasteiger partial charge on any atom is 0.282 e. The first-order valence-corrected chi connectivity index (χ1v) is 8.40. The van der Waals surface area contributed by atoms with Gasteiger partial charge in [-0.2, -0.15) is 0 Å². The van der Waals surface area contributed by atoms with Crippen LogP contribution in [0.1, 0.15) is 32.9 Å². The largest absolute Gasteiger partial charge is 0.379 e.